The maximum Gasteiger partial charge on any atom is 0.227 e. The van der Waals surface area contributed by atoms with E-state index in [-0.39, 0.29) is 24.2 Å². The van der Waals surface area contributed by atoms with Crippen LogP contribution in [0.4, 0.5) is 10.2 Å². The molecule has 6 nitrogen and oxygen atoms in total. The Morgan fingerprint density at radius 2 is 2.08 bits per heavy atom. The van der Waals surface area contributed by atoms with Gasteiger partial charge in [-0.2, -0.15) is 0 Å². The number of carbonyl (C=O) groups excluding carboxylic acids is 1. The van der Waals surface area contributed by atoms with Crippen LogP contribution in [0.25, 0.3) is 0 Å². The first-order chi connectivity index (χ1) is 12.0. The molecule has 1 aromatic heterocycles. The third-order valence-electron chi connectivity index (χ3n) is 4.14. The molecule has 0 spiro atoms. The molecular formula is C18H21FN4O2. The number of ether oxygens (including phenoxy) is 1. The van der Waals surface area contributed by atoms with Crippen LogP contribution in [0.5, 0.6) is 5.88 Å². The van der Waals surface area contributed by atoms with Gasteiger partial charge >= 0.3 is 0 Å². The molecule has 1 aromatic carbocycles. The number of carbonyl (C=O) groups is 1. The minimum absolute atomic E-state index is 0.0226. The van der Waals surface area contributed by atoms with Crippen molar-refractivity contribution in [3.63, 3.8) is 0 Å². The van der Waals surface area contributed by atoms with Crippen molar-refractivity contribution in [2.75, 3.05) is 32.1 Å². The van der Waals surface area contributed by atoms with Gasteiger partial charge < -0.3 is 14.5 Å². The van der Waals surface area contributed by atoms with Gasteiger partial charge in [0.05, 0.1) is 13.0 Å². The summed E-state index contributed by atoms with van der Waals surface area (Å²) in [4.78, 5) is 24.3. The third kappa shape index (κ3) is 4.43. The summed E-state index contributed by atoms with van der Waals surface area (Å²) >= 11 is 0. The Morgan fingerprint density at radius 3 is 2.80 bits per heavy atom. The van der Waals surface area contributed by atoms with Gasteiger partial charge in [0.15, 0.2) is 0 Å². The molecule has 0 saturated carbocycles. The standard InChI is InChI=1S/C18H21FN4O2/c1-22(2)16-10-17(21-12-20-16)25-15-7-8-23(11-15)18(24)9-13-3-5-14(19)6-4-13/h3-6,10,12,15H,7-9,11H2,1-2H3/t15-/m0/s1. The number of rotatable bonds is 5. The average molecular weight is 344 g/mol. The van der Waals surface area contributed by atoms with Crippen molar-refractivity contribution in [1.82, 2.24) is 14.9 Å². The van der Waals surface area contributed by atoms with E-state index in [4.69, 9.17) is 4.74 Å². The number of benzene rings is 1. The zero-order chi connectivity index (χ0) is 17.8. The molecule has 1 amide bonds. The smallest absolute Gasteiger partial charge is 0.227 e. The lowest BCUT2D eigenvalue weighted by Crippen LogP contribution is -2.32. The average Bonchev–Trinajstić information content (AvgIpc) is 3.06. The Hall–Kier alpha value is -2.70. The number of nitrogens with zero attached hydrogens (tertiary/aromatic N) is 4. The first-order valence-electron chi connectivity index (χ1n) is 8.19. The van der Waals surface area contributed by atoms with Gasteiger partial charge in [0.2, 0.25) is 11.8 Å². The van der Waals surface area contributed by atoms with Gasteiger partial charge in [-0.25, -0.2) is 14.4 Å². The number of halogens is 1. The highest BCUT2D eigenvalue weighted by Crippen LogP contribution is 2.20. The fourth-order valence-corrected chi connectivity index (χ4v) is 2.75. The van der Waals surface area contributed by atoms with E-state index < -0.39 is 0 Å². The number of hydrogen-bond donors (Lipinski definition) is 0. The molecule has 132 valence electrons. The molecule has 0 unspecified atom stereocenters. The maximum absolute atomic E-state index is 12.9. The quantitative estimate of drug-likeness (QED) is 0.829. The molecule has 2 aromatic rings. The van der Waals surface area contributed by atoms with E-state index in [0.29, 0.717) is 19.0 Å². The monoisotopic (exact) mass is 344 g/mol. The zero-order valence-electron chi connectivity index (χ0n) is 14.4. The summed E-state index contributed by atoms with van der Waals surface area (Å²) in [6.07, 6.45) is 2.42. The maximum atomic E-state index is 12.9. The Morgan fingerprint density at radius 1 is 1.32 bits per heavy atom. The van der Waals surface area contributed by atoms with E-state index >= 15 is 0 Å². The summed E-state index contributed by atoms with van der Waals surface area (Å²) < 4.78 is 18.8. The van der Waals surface area contributed by atoms with Gasteiger partial charge in [0, 0.05) is 33.1 Å². The highest BCUT2D eigenvalue weighted by molar-refractivity contribution is 5.79. The first-order valence-corrected chi connectivity index (χ1v) is 8.19. The van der Waals surface area contributed by atoms with Gasteiger partial charge in [-0.15, -0.1) is 0 Å². The first kappa shape index (κ1) is 17.1. The van der Waals surface area contributed by atoms with E-state index in [9.17, 15) is 9.18 Å². The summed E-state index contributed by atoms with van der Waals surface area (Å²) in [5, 5.41) is 0. The second-order valence-electron chi connectivity index (χ2n) is 6.28. The molecule has 3 rings (SSSR count). The molecule has 0 bridgehead atoms. The Bertz CT molecular complexity index is 736. The predicted octanol–water partition coefficient (Wildman–Crippen LogP) is 1.90. The highest BCUT2D eigenvalue weighted by atomic mass is 19.1. The molecule has 0 N–H and O–H groups in total. The van der Waals surface area contributed by atoms with Crippen LogP contribution >= 0.6 is 0 Å². The van der Waals surface area contributed by atoms with Gasteiger partial charge in [-0.3, -0.25) is 4.79 Å². The minimum Gasteiger partial charge on any atom is -0.472 e. The second kappa shape index (κ2) is 7.46. The van der Waals surface area contributed by atoms with E-state index in [2.05, 4.69) is 9.97 Å². The van der Waals surface area contributed by atoms with Gasteiger partial charge in [0.1, 0.15) is 24.1 Å². The fourth-order valence-electron chi connectivity index (χ4n) is 2.75. The Kier molecular flexibility index (Phi) is 5.11. The molecule has 0 aliphatic carbocycles. The lowest BCUT2D eigenvalue weighted by atomic mass is 10.1. The van der Waals surface area contributed by atoms with E-state index in [1.165, 1.54) is 18.5 Å². The minimum atomic E-state index is -0.298. The molecule has 1 aliphatic heterocycles. The van der Waals surface area contributed by atoms with Crippen molar-refractivity contribution in [2.24, 2.45) is 0 Å². The van der Waals surface area contributed by atoms with Gasteiger partial charge in [-0.1, -0.05) is 12.1 Å². The van der Waals surface area contributed by atoms with E-state index in [0.717, 1.165) is 17.8 Å². The molecule has 1 aliphatic rings. The van der Waals surface area contributed by atoms with Crippen molar-refractivity contribution >= 4 is 11.7 Å². The van der Waals surface area contributed by atoms with Gasteiger partial charge in [0.25, 0.3) is 0 Å². The third-order valence-corrected chi connectivity index (χ3v) is 4.14. The summed E-state index contributed by atoms with van der Waals surface area (Å²) in [5.41, 5.74) is 0.808. The predicted molar refractivity (Wildman–Crippen MR) is 92.1 cm³/mol. The fraction of sp³-hybridized carbons (Fsp3) is 0.389. The number of hydrogen-bond acceptors (Lipinski definition) is 5. The molecule has 1 saturated heterocycles. The summed E-state index contributed by atoms with van der Waals surface area (Å²) in [5.74, 6) is 1.01. The molecule has 0 radical (unpaired) electrons. The molecular weight excluding hydrogens is 323 g/mol. The van der Waals surface area contributed by atoms with Crippen LogP contribution in [-0.2, 0) is 11.2 Å². The summed E-state index contributed by atoms with van der Waals surface area (Å²) in [7, 11) is 3.80. The SMILES string of the molecule is CN(C)c1cc(O[C@H]2CCN(C(=O)Cc3ccc(F)cc3)C2)ncn1. The van der Waals surface area contributed by atoms with Crippen molar-refractivity contribution < 1.29 is 13.9 Å². The van der Waals surface area contributed by atoms with Crippen LogP contribution in [-0.4, -0.2) is 54.1 Å². The number of anilines is 1. The second-order valence-corrected chi connectivity index (χ2v) is 6.28. The van der Waals surface area contributed by atoms with Crippen molar-refractivity contribution in [3.8, 4) is 5.88 Å². The van der Waals surface area contributed by atoms with E-state index in [1.54, 1.807) is 23.1 Å². The van der Waals surface area contributed by atoms with Crippen LogP contribution in [0.2, 0.25) is 0 Å². The van der Waals surface area contributed by atoms with Crippen LogP contribution in [0.1, 0.15) is 12.0 Å². The van der Waals surface area contributed by atoms with Gasteiger partial charge in [-0.05, 0) is 17.7 Å². The van der Waals surface area contributed by atoms with Crippen LogP contribution in [0, 0.1) is 5.82 Å². The topological polar surface area (TPSA) is 58.6 Å². The molecule has 7 heteroatoms. The van der Waals surface area contributed by atoms with Crippen molar-refractivity contribution in [2.45, 2.75) is 18.9 Å². The molecule has 1 fully saturated rings. The number of likely N-dealkylation sites (tertiary alicyclic amines) is 1. The Balaban J connectivity index is 1.55. The summed E-state index contributed by atoms with van der Waals surface area (Å²) in [6.45, 7) is 1.18. The van der Waals surface area contributed by atoms with Crippen molar-refractivity contribution in [1.29, 1.82) is 0 Å². The number of aromatic nitrogens is 2. The van der Waals surface area contributed by atoms with E-state index in [1.807, 2.05) is 19.0 Å². The normalized spacial score (nSPS) is 16.8. The Labute approximate surface area is 146 Å². The van der Waals surface area contributed by atoms with Crippen molar-refractivity contribution in [3.05, 3.63) is 48.0 Å². The van der Waals surface area contributed by atoms with Crippen LogP contribution in [0.3, 0.4) is 0 Å². The summed E-state index contributed by atoms with van der Waals surface area (Å²) in [6, 6.07) is 7.80. The van der Waals surface area contributed by atoms with Crippen LogP contribution < -0.4 is 9.64 Å². The number of amides is 1. The lowest BCUT2D eigenvalue weighted by molar-refractivity contribution is -0.129. The van der Waals surface area contributed by atoms with Crippen LogP contribution in [0.15, 0.2) is 36.7 Å². The zero-order valence-corrected chi connectivity index (χ0v) is 14.4. The molecule has 1 atom stereocenters. The highest BCUT2D eigenvalue weighted by Gasteiger charge is 2.28. The largest absolute Gasteiger partial charge is 0.472 e. The molecule has 2 heterocycles. The lowest BCUT2D eigenvalue weighted by Gasteiger charge is -2.17. The molecule has 25 heavy (non-hydrogen) atoms.